The van der Waals surface area contributed by atoms with Gasteiger partial charge < -0.3 is 14.8 Å². The van der Waals surface area contributed by atoms with E-state index in [1.165, 1.54) is 25.7 Å². The van der Waals surface area contributed by atoms with Crippen molar-refractivity contribution in [3.8, 4) is 0 Å². The first-order valence-corrected chi connectivity index (χ1v) is 6.64. The molecule has 1 rings (SSSR count). The van der Waals surface area contributed by atoms with Crippen molar-refractivity contribution >= 4 is 0 Å². The van der Waals surface area contributed by atoms with Crippen LogP contribution in [0.2, 0.25) is 0 Å². The summed E-state index contributed by atoms with van der Waals surface area (Å²) in [5.41, 5.74) is 0. The number of ether oxygens (including phenoxy) is 2. The minimum Gasteiger partial charge on any atom is -0.382 e. The first-order chi connectivity index (χ1) is 7.84. The smallest absolute Gasteiger partial charge is 0.0700 e. The Balaban J connectivity index is 1.90. The molecule has 0 saturated heterocycles. The lowest BCUT2D eigenvalue weighted by molar-refractivity contribution is 0.0688. The van der Waals surface area contributed by atoms with Gasteiger partial charge in [-0.3, -0.25) is 0 Å². The first-order valence-electron chi connectivity index (χ1n) is 6.64. The van der Waals surface area contributed by atoms with Crippen molar-refractivity contribution in [2.75, 3.05) is 33.5 Å². The Morgan fingerprint density at radius 3 is 2.69 bits per heavy atom. The van der Waals surface area contributed by atoms with Gasteiger partial charge in [0.2, 0.25) is 0 Å². The van der Waals surface area contributed by atoms with Crippen LogP contribution in [-0.4, -0.2) is 39.5 Å². The third kappa shape index (κ3) is 5.83. The summed E-state index contributed by atoms with van der Waals surface area (Å²) in [6, 6.07) is 0.743. The third-order valence-corrected chi connectivity index (χ3v) is 3.42. The SMILES string of the molecule is COCCOCCCNC1CCCCC1C. The molecular weight excluding hydrogens is 202 g/mol. The van der Waals surface area contributed by atoms with Crippen molar-refractivity contribution in [3.63, 3.8) is 0 Å². The van der Waals surface area contributed by atoms with E-state index >= 15 is 0 Å². The maximum atomic E-state index is 5.43. The molecular formula is C13H27NO2. The van der Waals surface area contributed by atoms with Gasteiger partial charge in [-0.1, -0.05) is 19.8 Å². The largest absolute Gasteiger partial charge is 0.382 e. The first kappa shape index (κ1) is 13.9. The molecule has 1 fully saturated rings. The van der Waals surface area contributed by atoms with Crippen LogP contribution < -0.4 is 5.32 Å². The molecule has 0 aromatic heterocycles. The molecule has 1 aliphatic carbocycles. The van der Waals surface area contributed by atoms with Gasteiger partial charge in [0, 0.05) is 19.8 Å². The Kier molecular flexibility index (Phi) is 7.81. The molecule has 0 bridgehead atoms. The second kappa shape index (κ2) is 8.97. The molecule has 1 N–H and O–H groups in total. The number of rotatable bonds is 8. The van der Waals surface area contributed by atoms with Crippen molar-refractivity contribution in [1.29, 1.82) is 0 Å². The Bertz CT molecular complexity index is 164. The van der Waals surface area contributed by atoms with Crippen LogP contribution in [0.1, 0.15) is 39.0 Å². The fourth-order valence-corrected chi connectivity index (χ4v) is 2.33. The summed E-state index contributed by atoms with van der Waals surface area (Å²) in [5, 5.41) is 3.65. The van der Waals surface area contributed by atoms with E-state index in [0.717, 1.165) is 38.1 Å². The van der Waals surface area contributed by atoms with E-state index in [1.807, 2.05) is 0 Å². The molecule has 0 spiro atoms. The molecule has 1 aliphatic rings. The highest BCUT2D eigenvalue weighted by Gasteiger charge is 2.19. The molecule has 2 atom stereocenters. The normalized spacial score (nSPS) is 25.9. The van der Waals surface area contributed by atoms with Crippen LogP contribution >= 0.6 is 0 Å². The van der Waals surface area contributed by atoms with Crippen LogP contribution in [0.4, 0.5) is 0 Å². The summed E-state index contributed by atoms with van der Waals surface area (Å²) in [4.78, 5) is 0. The Labute approximate surface area is 99.9 Å². The average Bonchev–Trinajstić information content (AvgIpc) is 2.30. The van der Waals surface area contributed by atoms with E-state index in [0.29, 0.717) is 6.61 Å². The fraction of sp³-hybridized carbons (Fsp3) is 1.00. The van der Waals surface area contributed by atoms with Crippen molar-refractivity contribution in [2.24, 2.45) is 5.92 Å². The van der Waals surface area contributed by atoms with Crippen LogP contribution in [-0.2, 0) is 9.47 Å². The maximum Gasteiger partial charge on any atom is 0.0700 e. The number of hydrogen-bond acceptors (Lipinski definition) is 3. The molecule has 0 amide bonds. The summed E-state index contributed by atoms with van der Waals surface area (Å²) >= 11 is 0. The van der Waals surface area contributed by atoms with Crippen LogP contribution in [0.3, 0.4) is 0 Å². The summed E-state index contributed by atoms with van der Waals surface area (Å²) < 4.78 is 10.3. The minimum atomic E-state index is 0.701. The maximum absolute atomic E-state index is 5.43. The Morgan fingerprint density at radius 2 is 1.94 bits per heavy atom. The van der Waals surface area contributed by atoms with Crippen molar-refractivity contribution in [1.82, 2.24) is 5.32 Å². The van der Waals surface area contributed by atoms with E-state index in [1.54, 1.807) is 7.11 Å². The minimum absolute atomic E-state index is 0.701. The quantitative estimate of drug-likeness (QED) is 0.647. The van der Waals surface area contributed by atoms with Crippen LogP contribution in [0.5, 0.6) is 0 Å². The van der Waals surface area contributed by atoms with Crippen LogP contribution in [0.25, 0.3) is 0 Å². The Morgan fingerprint density at radius 1 is 1.12 bits per heavy atom. The zero-order chi connectivity index (χ0) is 11.6. The highest BCUT2D eigenvalue weighted by atomic mass is 16.5. The topological polar surface area (TPSA) is 30.5 Å². The van der Waals surface area contributed by atoms with E-state index in [-0.39, 0.29) is 0 Å². The lowest BCUT2D eigenvalue weighted by Crippen LogP contribution is -2.38. The lowest BCUT2D eigenvalue weighted by Gasteiger charge is -2.29. The van der Waals surface area contributed by atoms with Gasteiger partial charge in [0.15, 0.2) is 0 Å². The van der Waals surface area contributed by atoms with E-state index in [9.17, 15) is 0 Å². The Hall–Kier alpha value is -0.120. The van der Waals surface area contributed by atoms with Gasteiger partial charge in [-0.05, 0) is 31.7 Å². The summed E-state index contributed by atoms with van der Waals surface area (Å²) in [6.45, 7) is 5.72. The second-order valence-corrected chi connectivity index (χ2v) is 4.78. The zero-order valence-corrected chi connectivity index (χ0v) is 10.8. The highest BCUT2D eigenvalue weighted by molar-refractivity contribution is 4.77. The molecule has 0 radical (unpaired) electrons. The zero-order valence-electron chi connectivity index (χ0n) is 10.8. The van der Waals surface area contributed by atoms with Gasteiger partial charge in [0.05, 0.1) is 13.2 Å². The van der Waals surface area contributed by atoms with Gasteiger partial charge in [0.1, 0.15) is 0 Å². The molecule has 3 heteroatoms. The second-order valence-electron chi connectivity index (χ2n) is 4.78. The van der Waals surface area contributed by atoms with Gasteiger partial charge in [-0.25, -0.2) is 0 Å². The molecule has 0 heterocycles. The number of methoxy groups -OCH3 is 1. The predicted molar refractivity (Wildman–Crippen MR) is 66.7 cm³/mol. The van der Waals surface area contributed by atoms with Crippen molar-refractivity contribution in [2.45, 2.75) is 45.1 Å². The third-order valence-electron chi connectivity index (χ3n) is 3.42. The van der Waals surface area contributed by atoms with E-state index in [2.05, 4.69) is 12.2 Å². The molecule has 0 aromatic carbocycles. The van der Waals surface area contributed by atoms with Crippen molar-refractivity contribution < 1.29 is 9.47 Å². The standard InChI is InChI=1S/C13H27NO2/c1-12-6-3-4-7-13(12)14-8-5-9-16-11-10-15-2/h12-14H,3-11H2,1-2H3. The highest BCUT2D eigenvalue weighted by Crippen LogP contribution is 2.23. The van der Waals surface area contributed by atoms with Gasteiger partial charge in [0.25, 0.3) is 0 Å². The number of nitrogens with one attached hydrogen (secondary N) is 1. The summed E-state index contributed by atoms with van der Waals surface area (Å²) in [7, 11) is 1.70. The molecule has 1 saturated carbocycles. The molecule has 2 unspecified atom stereocenters. The van der Waals surface area contributed by atoms with Gasteiger partial charge in [-0.15, -0.1) is 0 Å². The molecule has 16 heavy (non-hydrogen) atoms. The monoisotopic (exact) mass is 229 g/mol. The fourth-order valence-electron chi connectivity index (χ4n) is 2.33. The van der Waals surface area contributed by atoms with Crippen LogP contribution in [0.15, 0.2) is 0 Å². The molecule has 3 nitrogen and oxygen atoms in total. The van der Waals surface area contributed by atoms with Crippen molar-refractivity contribution in [3.05, 3.63) is 0 Å². The lowest BCUT2D eigenvalue weighted by atomic mass is 9.86. The predicted octanol–water partition coefficient (Wildman–Crippen LogP) is 2.21. The van der Waals surface area contributed by atoms with Gasteiger partial charge in [-0.2, -0.15) is 0 Å². The van der Waals surface area contributed by atoms with E-state index < -0.39 is 0 Å². The average molecular weight is 229 g/mol. The van der Waals surface area contributed by atoms with Crippen LogP contribution in [0, 0.1) is 5.92 Å². The summed E-state index contributed by atoms with van der Waals surface area (Å²) in [6.07, 6.45) is 6.66. The number of hydrogen-bond donors (Lipinski definition) is 1. The molecule has 0 aliphatic heterocycles. The van der Waals surface area contributed by atoms with Gasteiger partial charge >= 0.3 is 0 Å². The molecule has 96 valence electrons. The summed E-state index contributed by atoms with van der Waals surface area (Å²) in [5.74, 6) is 0.850. The van der Waals surface area contributed by atoms with E-state index in [4.69, 9.17) is 9.47 Å². The molecule has 0 aromatic rings.